The van der Waals surface area contributed by atoms with Gasteiger partial charge in [0.1, 0.15) is 5.82 Å². The van der Waals surface area contributed by atoms with Crippen molar-refractivity contribution < 1.29 is 4.39 Å². The first-order valence-electron chi connectivity index (χ1n) is 12.0. The van der Waals surface area contributed by atoms with E-state index >= 15 is 0 Å². The van der Waals surface area contributed by atoms with Crippen molar-refractivity contribution in [3.63, 3.8) is 0 Å². The van der Waals surface area contributed by atoms with Gasteiger partial charge in [0.15, 0.2) is 0 Å². The molecule has 0 bridgehead atoms. The van der Waals surface area contributed by atoms with Crippen molar-refractivity contribution in [1.29, 1.82) is 0 Å². The quantitative estimate of drug-likeness (QED) is 0.333. The predicted molar refractivity (Wildman–Crippen MR) is 134 cm³/mol. The van der Waals surface area contributed by atoms with Crippen LogP contribution in [0.25, 0.3) is 11.1 Å². The molecule has 1 fully saturated rings. The highest BCUT2D eigenvalue weighted by molar-refractivity contribution is 6.59. The number of rotatable bonds is 7. The minimum atomic E-state index is -0.441. The lowest BCUT2D eigenvalue weighted by atomic mass is 9.77. The molecule has 0 unspecified atom stereocenters. The van der Waals surface area contributed by atoms with Gasteiger partial charge in [0.05, 0.1) is 0 Å². The maximum Gasteiger partial charge on any atom is 0.123 e. The summed E-state index contributed by atoms with van der Waals surface area (Å²) in [6, 6.07) is 29.7. The van der Waals surface area contributed by atoms with Crippen LogP contribution in [0.4, 0.5) is 4.39 Å². The predicted octanol–water partition coefficient (Wildman–Crippen LogP) is 7.97. The zero-order valence-electron chi connectivity index (χ0n) is 19.0. The highest BCUT2D eigenvalue weighted by atomic mass is 28.3. The van der Waals surface area contributed by atoms with Crippen molar-refractivity contribution >= 4 is 8.80 Å². The summed E-state index contributed by atoms with van der Waals surface area (Å²) in [4.78, 5) is 0. The van der Waals surface area contributed by atoms with Crippen LogP contribution in [0.15, 0.2) is 72.8 Å². The van der Waals surface area contributed by atoms with E-state index in [9.17, 15) is 4.39 Å². The molecule has 3 aromatic carbocycles. The molecule has 1 aliphatic rings. The number of hydrogen-bond acceptors (Lipinski definition) is 0. The van der Waals surface area contributed by atoms with Crippen molar-refractivity contribution in [2.24, 2.45) is 0 Å². The molecule has 4 rings (SSSR count). The highest BCUT2D eigenvalue weighted by Crippen LogP contribution is 2.41. The summed E-state index contributed by atoms with van der Waals surface area (Å²) in [6.07, 6.45) is 6.06. The monoisotopic (exact) mass is 430 g/mol. The van der Waals surface area contributed by atoms with Gasteiger partial charge in [0, 0.05) is 8.80 Å². The van der Waals surface area contributed by atoms with E-state index in [1.54, 1.807) is 12.1 Å². The number of hydrogen-bond donors (Lipinski definition) is 0. The Bertz CT molecular complexity index is 949. The van der Waals surface area contributed by atoms with E-state index in [0.29, 0.717) is 5.41 Å². The molecule has 1 heterocycles. The smallest absolute Gasteiger partial charge is 0.123 e. The first-order valence-corrected chi connectivity index (χ1v) is 14.4. The van der Waals surface area contributed by atoms with Gasteiger partial charge in [-0.15, -0.1) is 0 Å². The third-order valence-corrected chi connectivity index (χ3v) is 11.0. The van der Waals surface area contributed by atoms with Crippen LogP contribution in [-0.2, 0) is 18.3 Å². The van der Waals surface area contributed by atoms with Crippen LogP contribution in [0.3, 0.4) is 0 Å². The molecule has 1 saturated heterocycles. The summed E-state index contributed by atoms with van der Waals surface area (Å²) in [5, 5.41) is 0. The van der Waals surface area contributed by atoms with E-state index in [4.69, 9.17) is 0 Å². The lowest BCUT2D eigenvalue weighted by molar-refractivity contribution is 0.419. The molecule has 0 atom stereocenters. The average Bonchev–Trinajstić information content (AvgIpc) is 2.81. The molecule has 0 nitrogen and oxygen atoms in total. The SMILES string of the molecule is CCC[SiH]1CCC(C)(c2ccc(-c3ccc(CCc4ccc(F)cc4)cc3)cc2)CC1. The van der Waals surface area contributed by atoms with Crippen LogP contribution in [-0.4, -0.2) is 8.80 Å². The van der Waals surface area contributed by atoms with Crippen LogP contribution < -0.4 is 0 Å². The molecule has 31 heavy (non-hydrogen) atoms. The molecule has 2 heteroatoms. The normalized spacial score (nSPS) is 21.2. The summed E-state index contributed by atoms with van der Waals surface area (Å²) in [5.74, 6) is -0.167. The molecule has 0 N–H and O–H groups in total. The van der Waals surface area contributed by atoms with Crippen molar-refractivity contribution in [2.45, 2.75) is 69.5 Å². The van der Waals surface area contributed by atoms with Crippen LogP contribution in [0.1, 0.15) is 49.8 Å². The Hall–Kier alpha value is -2.19. The Kier molecular flexibility index (Phi) is 7.07. The fraction of sp³-hybridized carbons (Fsp3) is 0.379. The van der Waals surface area contributed by atoms with Crippen molar-refractivity contribution in [3.05, 3.63) is 95.3 Å². The zero-order chi connectivity index (χ0) is 21.7. The van der Waals surface area contributed by atoms with Crippen molar-refractivity contribution in [3.8, 4) is 11.1 Å². The van der Waals surface area contributed by atoms with E-state index in [-0.39, 0.29) is 5.82 Å². The summed E-state index contributed by atoms with van der Waals surface area (Å²) in [5.41, 5.74) is 6.98. The minimum absolute atomic E-state index is 0.167. The van der Waals surface area contributed by atoms with Crippen LogP contribution in [0.2, 0.25) is 18.1 Å². The minimum Gasteiger partial charge on any atom is -0.207 e. The van der Waals surface area contributed by atoms with Gasteiger partial charge in [0.25, 0.3) is 0 Å². The van der Waals surface area contributed by atoms with Crippen LogP contribution >= 0.6 is 0 Å². The second kappa shape index (κ2) is 9.95. The van der Waals surface area contributed by atoms with Gasteiger partial charge < -0.3 is 0 Å². The molecule has 0 spiro atoms. The number of aryl methyl sites for hydroxylation is 2. The fourth-order valence-corrected chi connectivity index (χ4v) is 8.94. The second-order valence-corrected chi connectivity index (χ2v) is 13.2. The number of benzene rings is 3. The second-order valence-electron chi connectivity index (χ2n) is 9.69. The molecule has 0 saturated carbocycles. The molecule has 3 aromatic rings. The van der Waals surface area contributed by atoms with E-state index in [0.717, 1.165) is 12.8 Å². The molecule has 1 aliphatic heterocycles. The molecule has 0 radical (unpaired) electrons. The first kappa shape index (κ1) is 22.0. The fourth-order valence-electron chi connectivity index (χ4n) is 5.17. The average molecular weight is 431 g/mol. The Morgan fingerprint density at radius 3 is 1.74 bits per heavy atom. The van der Waals surface area contributed by atoms with Gasteiger partial charge in [-0.2, -0.15) is 0 Å². The molecule has 162 valence electrons. The first-order chi connectivity index (χ1) is 15.1. The zero-order valence-corrected chi connectivity index (χ0v) is 20.2. The van der Waals surface area contributed by atoms with Gasteiger partial charge in [-0.25, -0.2) is 4.39 Å². The van der Waals surface area contributed by atoms with Gasteiger partial charge in [-0.1, -0.05) is 99.1 Å². The summed E-state index contributed by atoms with van der Waals surface area (Å²) >= 11 is 0. The van der Waals surface area contributed by atoms with Gasteiger partial charge in [-0.05, 0) is 71.0 Å². The maximum atomic E-state index is 13.1. The van der Waals surface area contributed by atoms with E-state index < -0.39 is 8.80 Å². The Morgan fingerprint density at radius 1 is 0.742 bits per heavy atom. The largest absolute Gasteiger partial charge is 0.207 e. The Labute approximate surface area is 189 Å². The standard InChI is InChI=1S/C29H35FSi/c1-3-20-31-21-18-29(2,19-22-31)27-14-12-26(13-15-27)25-10-6-23(7-11-25)4-5-24-8-16-28(30)17-9-24/h6-17,31H,3-5,18-22H2,1-2H3. The van der Waals surface area contributed by atoms with Gasteiger partial charge in [-0.3, -0.25) is 0 Å². The third-order valence-electron chi connectivity index (χ3n) is 7.39. The summed E-state index contributed by atoms with van der Waals surface area (Å²) in [7, 11) is -0.441. The lowest BCUT2D eigenvalue weighted by Crippen LogP contribution is -2.31. The van der Waals surface area contributed by atoms with Gasteiger partial charge in [0.2, 0.25) is 0 Å². The van der Waals surface area contributed by atoms with Crippen LogP contribution in [0.5, 0.6) is 0 Å². The maximum absolute atomic E-state index is 13.1. The molecule has 0 aliphatic carbocycles. The Balaban J connectivity index is 1.37. The molecule has 0 amide bonds. The summed E-state index contributed by atoms with van der Waals surface area (Å²) < 4.78 is 13.1. The highest BCUT2D eigenvalue weighted by Gasteiger charge is 2.32. The van der Waals surface area contributed by atoms with Crippen molar-refractivity contribution in [2.75, 3.05) is 0 Å². The molecule has 0 aromatic heterocycles. The van der Waals surface area contributed by atoms with Crippen LogP contribution in [0, 0.1) is 5.82 Å². The summed E-state index contributed by atoms with van der Waals surface area (Å²) in [6.45, 7) is 4.83. The Morgan fingerprint density at radius 2 is 1.23 bits per heavy atom. The lowest BCUT2D eigenvalue weighted by Gasteiger charge is -2.37. The molecular formula is C29H35FSi. The van der Waals surface area contributed by atoms with Gasteiger partial charge >= 0.3 is 0 Å². The van der Waals surface area contributed by atoms with E-state index in [1.165, 1.54) is 65.2 Å². The van der Waals surface area contributed by atoms with E-state index in [2.05, 4.69) is 62.4 Å². The molecular weight excluding hydrogens is 395 g/mol. The number of halogens is 1. The van der Waals surface area contributed by atoms with E-state index in [1.807, 2.05) is 12.1 Å². The topological polar surface area (TPSA) is 0 Å². The third kappa shape index (κ3) is 5.54. The van der Waals surface area contributed by atoms with Crippen molar-refractivity contribution in [1.82, 2.24) is 0 Å².